The molecule has 0 radical (unpaired) electrons. The van der Waals surface area contributed by atoms with E-state index in [4.69, 9.17) is 9.15 Å². The number of fused-ring (bicyclic) bond motifs is 1. The molecule has 0 bridgehead atoms. The molecular weight excluding hydrogens is 448 g/mol. The molecule has 0 fully saturated rings. The average molecular weight is 475 g/mol. The number of carbonyl (C=O) groups excluding carboxylic acids is 3. The van der Waals surface area contributed by atoms with Gasteiger partial charge < -0.3 is 9.15 Å². The zero-order valence-electron chi connectivity index (χ0n) is 19.5. The van der Waals surface area contributed by atoms with Gasteiger partial charge in [0, 0.05) is 23.1 Å². The summed E-state index contributed by atoms with van der Waals surface area (Å²) in [5.74, 6) is -0.164. The van der Waals surface area contributed by atoms with Crippen LogP contribution in [0.5, 0.6) is 5.75 Å². The van der Waals surface area contributed by atoms with Gasteiger partial charge in [-0.25, -0.2) is 5.43 Å². The number of aryl methyl sites for hydroxylation is 2. The van der Waals surface area contributed by atoms with Crippen molar-refractivity contribution in [3.05, 3.63) is 88.4 Å². The van der Waals surface area contributed by atoms with Crippen LogP contribution in [0.2, 0.25) is 0 Å². The summed E-state index contributed by atoms with van der Waals surface area (Å²) in [4.78, 5) is 37.2. The molecule has 3 amide bonds. The Balaban J connectivity index is 1.40. The molecule has 4 rings (SSSR count). The number of para-hydroxylation sites is 1. The summed E-state index contributed by atoms with van der Waals surface area (Å²) in [6.45, 7) is 3.41. The molecule has 2 aromatic carbocycles. The Kier molecular flexibility index (Phi) is 7.25. The SMILES string of the molecule is Cc1cccc(C(=O)N/N=C2\CCCc3oc(C(=O)NNC(=O)COc4ccccc4)c(C)c32)c1. The molecule has 0 saturated carbocycles. The Bertz CT molecular complexity index is 1280. The lowest BCUT2D eigenvalue weighted by Crippen LogP contribution is -2.43. The van der Waals surface area contributed by atoms with E-state index >= 15 is 0 Å². The zero-order valence-corrected chi connectivity index (χ0v) is 19.5. The second-order valence-corrected chi connectivity index (χ2v) is 8.18. The van der Waals surface area contributed by atoms with Gasteiger partial charge in [-0.15, -0.1) is 0 Å². The lowest BCUT2D eigenvalue weighted by atomic mass is 9.93. The van der Waals surface area contributed by atoms with Gasteiger partial charge in [0.2, 0.25) is 0 Å². The highest BCUT2D eigenvalue weighted by molar-refractivity contribution is 6.07. The molecule has 3 aromatic rings. The number of nitrogens with zero attached hydrogens (tertiary/aromatic N) is 1. The van der Waals surface area contributed by atoms with Crippen LogP contribution < -0.4 is 21.0 Å². The van der Waals surface area contributed by atoms with Crippen LogP contribution in [0.4, 0.5) is 0 Å². The van der Waals surface area contributed by atoms with E-state index in [1.165, 1.54) is 0 Å². The molecule has 1 aliphatic carbocycles. The van der Waals surface area contributed by atoms with E-state index in [0.717, 1.165) is 12.0 Å². The van der Waals surface area contributed by atoms with E-state index in [2.05, 4.69) is 21.4 Å². The Morgan fingerprint density at radius 1 is 0.971 bits per heavy atom. The molecule has 0 aliphatic heterocycles. The van der Waals surface area contributed by atoms with Crippen LogP contribution in [0.3, 0.4) is 0 Å². The van der Waals surface area contributed by atoms with Crippen molar-refractivity contribution >= 4 is 23.4 Å². The highest BCUT2D eigenvalue weighted by Crippen LogP contribution is 2.29. The van der Waals surface area contributed by atoms with Crippen molar-refractivity contribution in [2.45, 2.75) is 33.1 Å². The van der Waals surface area contributed by atoms with Gasteiger partial charge in [-0.05, 0) is 51.0 Å². The maximum Gasteiger partial charge on any atom is 0.305 e. The van der Waals surface area contributed by atoms with Crippen molar-refractivity contribution in [3.8, 4) is 5.75 Å². The quantitative estimate of drug-likeness (QED) is 0.474. The molecule has 1 aliphatic rings. The first-order valence-electron chi connectivity index (χ1n) is 11.3. The molecule has 9 heteroatoms. The van der Waals surface area contributed by atoms with Gasteiger partial charge in [-0.3, -0.25) is 25.2 Å². The van der Waals surface area contributed by atoms with Crippen LogP contribution in [0.1, 0.15) is 56.2 Å². The molecule has 1 aromatic heterocycles. The molecule has 0 saturated heterocycles. The van der Waals surface area contributed by atoms with Gasteiger partial charge in [0.1, 0.15) is 11.5 Å². The third-order valence-electron chi connectivity index (χ3n) is 5.53. The minimum absolute atomic E-state index is 0.0823. The third-order valence-corrected chi connectivity index (χ3v) is 5.53. The first-order chi connectivity index (χ1) is 16.9. The molecule has 0 spiro atoms. The summed E-state index contributed by atoms with van der Waals surface area (Å²) < 4.78 is 11.2. The second-order valence-electron chi connectivity index (χ2n) is 8.18. The number of hydrogen-bond donors (Lipinski definition) is 3. The predicted molar refractivity (Wildman–Crippen MR) is 129 cm³/mol. The van der Waals surface area contributed by atoms with Crippen molar-refractivity contribution in [1.82, 2.24) is 16.3 Å². The number of rotatable bonds is 6. The van der Waals surface area contributed by atoms with Crippen LogP contribution in [-0.2, 0) is 11.2 Å². The summed E-state index contributed by atoms with van der Waals surface area (Å²) in [5.41, 5.74) is 10.7. The van der Waals surface area contributed by atoms with E-state index in [1.54, 1.807) is 43.3 Å². The normalized spacial score (nSPS) is 13.6. The number of carbonyl (C=O) groups is 3. The van der Waals surface area contributed by atoms with Gasteiger partial charge in [0.05, 0.1) is 5.71 Å². The van der Waals surface area contributed by atoms with E-state index in [-0.39, 0.29) is 18.3 Å². The number of hydrogen-bond acceptors (Lipinski definition) is 6. The topological polar surface area (TPSA) is 122 Å². The van der Waals surface area contributed by atoms with Gasteiger partial charge in [0.15, 0.2) is 12.4 Å². The number of ether oxygens (including phenoxy) is 1. The first-order valence-corrected chi connectivity index (χ1v) is 11.3. The smallest absolute Gasteiger partial charge is 0.305 e. The Morgan fingerprint density at radius 3 is 2.54 bits per heavy atom. The average Bonchev–Trinajstić information content (AvgIpc) is 3.22. The van der Waals surface area contributed by atoms with Crippen LogP contribution in [0, 0.1) is 13.8 Å². The second kappa shape index (κ2) is 10.7. The van der Waals surface area contributed by atoms with Crippen LogP contribution in [0.25, 0.3) is 0 Å². The molecule has 0 atom stereocenters. The molecule has 0 unspecified atom stereocenters. The van der Waals surface area contributed by atoms with Crippen molar-refractivity contribution in [3.63, 3.8) is 0 Å². The minimum Gasteiger partial charge on any atom is -0.484 e. The Morgan fingerprint density at radius 2 is 1.77 bits per heavy atom. The molecule has 180 valence electrons. The first kappa shape index (κ1) is 23.7. The van der Waals surface area contributed by atoms with Gasteiger partial charge in [-0.2, -0.15) is 5.10 Å². The Labute approximate surface area is 202 Å². The molecule has 3 N–H and O–H groups in total. The van der Waals surface area contributed by atoms with E-state index in [9.17, 15) is 14.4 Å². The molecule has 9 nitrogen and oxygen atoms in total. The molecule has 35 heavy (non-hydrogen) atoms. The van der Waals surface area contributed by atoms with Crippen molar-refractivity contribution in [2.24, 2.45) is 5.10 Å². The highest BCUT2D eigenvalue weighted by atomic mass is 16.5. The summed E-state index contributed by atoms with van der Waals surface area (Å²) in [6.07, 6.45) is 2.05. The predicted octanol–water partition coefficient (Wildman–Crippen LogP) is 3.21. The maximum absolute atomic E-state index is 12.7. The van der Waals surface area contributed by atoms with E-state index < -0.39 is 11.8 Å². The summed E-state index contributed by atoms with van der Waals surface area (Å²) in [5, 5.41) is 4.33. The Hall–Kier alpha value is -4.40. The van der Waals surface area contributed by atoms with Crippen LogP contribution in [0.15, 0.2) is 64.1 Å². The highest BCUT2D eigenvalue weighted by Gasteiger charge is 2.28. The van der Waals surface area contributed by atoms with E-state index in [0.29, 0.717) is 46.8 Å². The third kappa shape index (κ3) is 5.75. The fourth-order valence-corrected chi connectivity index (χ4v) is 3.85. The van der Waals surface area contributed by atoms with Gasteiger partial charge in [0.25, 0.3) is 11.8 Å². The summed E-state index contributed by atoms with van der Waals surface area (Å²) >= 11 is 0. The number of benzene rings is 2. The summed E-state index contributed by atoms with van der Waals surface area (Å²) in [7, 11) is 0. The van der Waals surface area contributed by atoms with Gasteiger partial charge in [-0.1, -0.05) is 35.9 Å². The van der Waals surface area contributed by atoms with Crippen molar-refractivity contribution < 1.29 is 23.5 Å². The number of hydrazone groups is 1. The monoisotopic (exact) mass is 474 g/mol. The number of amides is 3. The number of furan rings is 1. The summed E-state index contributed by atoms with van der Waals surface area (Å²) in [6, 6.07) is 16.1. The van der Waals surface area contributed by atoms with Gasteiger partial charge >= 0.3 is 5.91 Å². The van der Waals surface area contributed by atoms with Crippen LogP contribution >= 0.6 is 0 Å². The molecular formula is C26H26N4O5. The number of hydrazine groups is 1. The fourth-order valence-electron chi connectivity index (χ4n) is 3.85. The van der Waals surface area contributed by atoms with Crippen molar-refractivity contribution in [2.75, 3.05) is 6.61 Å². The lowest BCUT2D eigenvalue weighted by molar-refractivity contribution is -0.123. The lowest BCUT2D eigenvalue weighted by Gasteiger charge is -2.13. The van der Waals surface area contributed by atoms with Crippen LogP contribution in [-0.4, -0.2) is 30.0 Å². The van der Waals surface area contributed by atoms with Crippen molar-refractivity contribution in [1.29, 1.82) is 0 Å². The zero-order chi connectivity index (χ0) is 24.8. The number of nitrogens with one attached hydrogen (secondary N) is 3. The maximum atomic E-state index is 12.7. The fraction of sp³-hybridized carbons (Fsp3) is 0.231. The standard InChI is InChI=1S/C26H26N4O5/c1-16-8-6-9-18(14-16)25(32)29-27-20-12-7-13-21-23(20)17(2)24(35-21)26(33)30-28-22(31)15-34-19-10-4-3-5-11-19/h3-6,8-11,14H,7,12-13,15H2,1-2H3,(H,28,31)(H,29,32)(H,30,33)/b27-20+. The van der Waals surface area contributed by atoms with E-state index in [1.807, 2.05) is 25.1 Å². The largest absolute Gasteiger partial charge is 0.484 e. The molecule has 1 heterocycles. The minimum atomic E-state index is -0.590.